The molecule has 0 heterocycles. The molecule has 6 aromatic rings. The predicted octanol–water partition coefficient (Wildman–Crippen LogP) is 9.17. The summed E-state index contributed by atoms with van der Waals surface area (Å²) in [4.78, 5) is 0. The summed E-state index contributed by atoms with van der Waals surface area (Å²) >= 11 is 0. The van der Waals surface area contributed by atoms with Crippen LogP contribution in [0.3, 0.4) is 0 Å². The van der Waals surface area contributed by atoms with Crippen molar-refractivity contribution in [3.63, 3.8) is 0 Å². The van der Waals surface area contributed by atoms with Gasteiger partial charge in [-0.15, -0.1) is 0 Å². The largest absolute Gasteiger partial charge is 0.0622 e. The number of rotatable bonds is 12. The molecule has 0 spiro atoms. The third-order valence-electron chi connectivity index (χ3n) is 9.10. The Bertz CT molecular complexity index is 1400. The maximum atomic E-state index is 2.58. The van der Waals surface area contributed by atoms with Gasteiger partial charge in [0.2, 0.25) is 0 Å². The molecule has 0 aliphatic carbocycles. The quantitative estimate of drug-likeness (QED) is 0.116. The molecule has 0 N–H and O–H groups in total. The minimum atomic E-state index is -0.621. The van der Waals surface area contributed by atoms with Crippen LogP contribution in [0.25, 0.3) is 0 Å². The first-order valence-electron chi connectivity index (χ1n) is 16.3. The van der Waals surface area contributed by atoms with Gasteiger partial charge in [0.15, 0.2) is 0 Å². The molecular weight excluding hydrogens is 609 g/mol. The van der Waals surface area contributed by atoms with E-state index in [0.29, 0.717) is 22.9 Å². The van der Waals surface area contributed by atoms with E-state index in [1.807, 2.05) is 0 Å². The van der Waals surface area contributed by atoms with Gasteiger partial charge in [-0.1, -0.05) is 203 Å². The molecule has 0 saturated heterocycles. The first-order valence-corrected chi connectivity index (χ1v) is 20.5. The Kier molecular flexibility index (Phi) is 11.3. The maximum Gasteiger partial charge on any atom is -0.0117 e. The zero-order chi connectivity index (χ0) is 31.7. The van der Waals surface area contributed by atoms with Gasteiger partial charge < -0.3 is 0 Å². The fraction of sp³-hybridized carbons (Fsp3) is 0.163. The third-order valence-corrected chi connectivity index (χ3v) is 17.7. The fourth-order valence-electron chi connectivity index (χ4n) is 7.12. The predicted molar refractivity (Wildman–Crippen MR) is 209 cm³/mol. The monoisotopic (exact) mass is 652 g/mol. The van der Waals surface area contributed by atoms with Gasteiger partial charge in [0.1, 0.15) is 0 Å². The molecule has 0 nitrogen and oxygen atoms in total. The molecular formula is C43H43P3. The fourth-order valence-corrected chi connectivity index (χ4v) is 16.8. The van der Waals surface area contributed by atoms with Crippen LogP contribution in [0, 0.1) is 5.92 Å². The Morgan fingerprint density at radius 1 is 0.261 bits per heavy atom. The zero-order valence-electron chi connectivity index (χ0n) is 27.0. The lowest BCUT2D eigenvalue weighted by atomic mass is 9.99. The van der Waals surface area contributed by atoms with Crippen LogP contribution in [0.5, 0.6) is 0 Å². The van der Waals surface area contributed by atoms with Gasteiger partial charge in [-0.05, 0) is 78.5 Å². The SMILES string of the molecule is CC(C(C(C)P(c1ccccc1)c1ccccc1)C(C)P(c1ccccc1)c1ccccc1)P(c1ccccc1)c1ccccc1. The average Bonchev–Trinajstić information content (AvgIpc) is 3.12. The highest BCUT2D eigenvalue weighted by molar-refractivity contribution is 7.75. The van der Waals surface area contributed by atoms with E-state index in [4.69, 9.17) is 0 Å². The second-order valence-electron chi connectivity index (χ2n) is 11.9. The molecule has 0 saturated carbocycles. The van der Waals surface area contributed by atoms with E-state index in [9.17, 15) is 0 Å². The average molecular weight is 653 g/mol. The van der Waals surface area contributed by atoms with Crippen LogP contribution >= 0.6 is 23.8 Å². The Labute approximate surface area is 280 Å². The lowest BCUT2D eigenvalue weighted by molar-refractivity contribution is 0.504. The smallest absolute Gasteiger partial charge is 0.0117 e. The Balaban J connectivity index is 1.55. The van der Waals surface area contributed by atoms with E-state index in [-0.39, 0.29) is 0 Å². The Morgan fingerprint density at radius 3 is 0.565 bits per heavy atom. The van der Waals surface area contributed by atoms with Crippen molar-refractivity contribution < 1.29 is 0 Å². The highest BCUT2D eigenvalue weighted by atomic mass is 31.1. The molecule has 3 heteroatoms. The molecule has 230 valence electrons. The van der Waals surface area contributed by atoms with Crippen LogP contribution in [-0.4, -0.2) is 17.0 Å². The summed E-state index contributed by atoms with van der Waals surface area (Å²) in [7, 11) is -1.86. The van der Waals surface area contributed by atoms with Crippen LogP contribution in [0.4, 0.5) is 0 Å². The summed E-state index contributed by atoms with van der Waals surface area (Å²) in [6.45, 7) is 7.74. The summed E-state index contributed by atoms with van der Waals surface area (Å²) in [5, 5.41) is 8.80. The normalized spacial score (nSPS) is 14.2. The Morgan fingerprint density at radius 2 is 0.413 bits per heavy atom. The van der Waals surface area contributed by atoms with Crippen molar-refractivity contribution in [3.8, 4) is 0 Å². The van der Waals surface area contributed by atoms with E-state index in [2.05, 4.69) is 203 Å². The summed E-state index contributed by atoms with van der Waals surface area (Å²) in [6.07, 6.45) is 0. The van der Waals surface area contributed by atoms with Gasteiger partial charge >= 0.3 is 0 Å². The number of benzene rings is 6. The molecule has 0 aliphatic rings. The van der Waals surface area contributed by atoms with Crippen LogP contribution in [-0.2, 0) is 0 Å². The molecule has 0 fully saturated rings. The van der Waals surface area contributed by atoms with E-state index < -0.39 is 23.8 Å². The number of hydrogen-bond donors (Lipinski definition) is 0. The van der Waals surface area contributed by atoms with Crippen molar-refractivity contribution >= 4 is 55.6 Å². The molecule has 6 aromatic carbocycles. The van der Waals surface area contributed by atoms with Gasteiger partial charge in [0.05, 0.1) is 0 Å². The standard InChI is InChI=1S/C43H43P3/c1-34(44(37-22-10-4-11-23-37)38-24-12-5-13-25-38)43(35(2)45(39-26-14-6-15-27-39)40-28-16-7-17-29-40)36(3)46(41-30-18-8-19-31-41)42-32-20-9-21-33-42/h4-36,43H,1-3H3. The maximum absolute atomic E-state index is 2.58. The molecule has 0 aromatic heterocycles. The first kappa shape index (κ1) is 32.5. The summed E-state index contributed by atoms with van der Waals surface area (Å²) in [5.41, 5.74) is 1.33. The second kappa shape index (κ2) is 15.9. The van der Waals surface area contributed by atoms with Crippen molar-refractivity contribution in [3.05, 3.63) is 182 Å². The lowest BCUT2D eigenvalue weighted by Gasteiger charge is -2.45. The second-order valence-corrected chi connectivity index (χ2v) is 19.7. The molecule has 0 radical (unpaired) electrons. The third kappa shape index (κ3) is 7.43. The van der Waals surface area contributed by atoms with Gasteiger partial charge in [-0.3, -0.25) is 0 Å². The zero-order valence-corrected chi connectivity index (χ0v) is 29.7. The van der Waals surface area contributed by atoms with E-state index in [1.54, 1.807) is 0 Å². The summed E-state index contributed by atoms with van der Waals surface area (Å²) in [5.74, 6) is 0.449. The van der Waals surface area contributed by atoms with Crippen LogP contribution in [0.1, 0.15) is 20.8 Å². The van der Waals surface area contributed by atoms with Gasteiger partial charge in [0, 0.05) is 0 Å². The van der Waals surface area contributed by atoms with Crippen LogP contribution in [0.15, 0.2) is 182 Å². The van der Waals surface area contributed by atoms with Crippen molar-refractivity contribution in [2.75, 3.05) is 0 Å². The molecule has 46 heavy (non-hydrogen) atoms. The van der Waals surface area contributed by atoms with Gasteiger partial charge in [-0.2, -0.15) is 0 Å². The van der Waals surface area contributed by atoms with Crippen LogP contribution < -0.4 is 31.8 Å². The highest BCUT2D eigenvalue weighted by Gasteiger charge is 2.42. The topological polar surface area (TPSA) is 0 Å². The summed E-state index contributed by atoms with van der Waals surface area (Å²) < 4.78 is 0. The van der Waals surface area contributed by atoms with Crippen molar-refractivity contribution in [1.82, 2.24) is 0 Å². The van der Waals surface area contributed by atoms with Gasteiger partial charge in [-0.25, -0.2) is 0 Å². The summed E-state index contributed by atoms with van der Waals surface area (Å²) in [6, 6.07) is 68.1. The molecule has 3 unspecified atom stereocenters. The Hall–Kier alpha value is -3.39. The number of hydrogen-bond acceptors (Lipinski definition) is 0. The van der Waals surface area contributed by atoms with E-state index >= 15 is 0 Å². The first-order chi connectivity index (χ1) is 22.6. The molecule has 0 amide bonds. The van der Waals surface area contributed by atoms with E-state index in [1.165, 1.54) is 31.8 Å². The van der Waals surface area contributed by atoms with Crippen molar-refractivity contribution in [2.45, 2.75) is 37.7 Å². The van der Waals surface area contributed by atoms with E-state index in [0.717, 1.165) is 0 Å². The minimum absolute atomic E-state index is 0.444. The van der Waals surface area contributed by atoms with Crippen molar-refractivity contribution in [2.24, 2.45) is 5.92 Å². The molecule has 0 bridgehead atoms. The highest BCUT2D eigenvalue weighted by Crippen LogP contribution is 2.57. The lowest BCUT2D eigenvalue weighted by Crippen LogP contribution is -2.42. The van der Waals surface area contributed by atoms with Gasteiger partial charge in [0.25, 0.3) is 0 Å². The minimum Gasteiger partial charge on any atom is -0.0622 e. The molecule has 6 rings (SSSR count). The van der Waals surface area contributed by atoms with Crippen molar-refractivity contribution in [1.29, 1.82) is 0 Å². The molecule has 3 atom stereocenters. The van der Waals surface area contributed by atoms with Crippen LogP contribution in [0.2, 0.25) is 0 Å². The molecule has 0 aliphatic heterocycles.